The van der Waals surface area contributed by atoms with Gasteiger partial charge in [0.15, 0.2) is 11.6 Å². The third kappa shape index (κ3) is 4.13. The summed E-state index contributed by atoms with van der Waals surface area (Å²) in [5.41, 5.74) is -0.509. The Morgan fingerprint density at radius 2 is 1.71 bits per heavy atom. The predicted octanol–water partition coefficient (Wildman–Crippen LogP) is 4.11. The van der Waals surface area contributed by atoms with E-state index in [0.717, 1.165) is 13.2 Å². The molecule has 1 aliphatic heterocycles. The number of esters is 1. The monoisotopic (exact) mass is 404 g/mol. The van der Waals surface area contributed by atoms with E-state index in [0.29, 0.717) is 31.1 Å². The number of carbonyl (C=O) groups is 3. The van der Waals surface area contributed by atoms with E-state index >= 15 is 0 Å². The third-order valence-corrected chi connectivity index (χ3v) is 4.96. The van der Waals surface area contributed by atoms with Gasteiger partial charge in [-0.05, 0) is 49.2 Å². The minimum atomic E-state index is -0.946. The van der Waals surface area contributed by atoms with Crippen LogP contribution in [0.3, 0.4) is 0 Å². The van der Waals surface area contributed by atoms with E-state index in [1.54, 1.807) is 0 Å². The Labute approximate surface area is 166 Å². The molecule has 7 heteroatoms. The molecule has 146 valence electrons. The third-order valence-electron chi connectivity index (χ3n) is 4.71. The maximum Gasteiger partial charge on any atom is 0.338 e. The van der Waals surface area contributed by atoms with Gasteiger partial charge < -0.3 is 9.47 Å². The van der Waals surface area contributed by atoms with Crippen LogP contribution in [0, 0.1) is 11.7 Å². The van der Waals surface area contributed by atoms with Gasteiger partial charge in [-0.25, -0.2) is 9.18 Å². The van der Waals surface area contributed by atoms with Crippen molar-refractivity contribution >= 4 is 29.1 Å². The van der Waals surface area contributed by atoms with E-state index in [2.05, 4.69) is 0 Å². The molecule has 0 bridgehead atoms. The van der Waals surface area contributed by atoms with Crippen molar-refractivity contribution in [3.8, 4) is 0 Å². The van der Waals surface area contributed by atoms with Crippen LogP contribution in [0.4, 0.5) is 4.39 Å². The lowest BCUT2D eigenvalue weighted by atomic mass is 9.88. The van der Waals surface area contributed by atoms with Gasteiger partial charge in [-0.1, -0.05) is 11.6 Å². The quantitative estimate of drug-likeness (QED) is 0.554. The first-order chi connectivity index (χ1) is 13.4. The second kappa shape index (κ2) is 8.63. The molecule has 28 heavy (non-hydrogen) atoms. The molecule has 1 aliphatic rings. The van der Waals surface area contributed by atoms with Crippen LogP contribution < -0.4 is 0 Å². The summed E-state index contributed by atoms with van der Waals surface area (Å²) in [6.45, 7) is 0.908. The van der Waals surface area contributed by atoms with Crippen LogP contribution in [-0.4, -0.2) is 37.9 Å². The van der Waals surface area contributed by atoms with E-state index in [1.807, 2.05) is 0 Å². The molecule has 3 rings (SSSR count). The number of hydrogen-bond acceptors (Lipinski definition) is 5. The summed E-state index contributed by atoms with van der Waals surface area (Å²) in [6, 6.07) is 8.10. The van der Waals surface area contributed by atoms with E-state index in [1.165, 1.54) is 30.3 Å². The number of ketones is 2. The molecule has 2 aromatic carbocycles. The lowest BCUT2D eigenvalue weighted by Crippen LogP contribution is -2.24. The fourth-order valence-electron chi connectivity index (χ4n) is 3.19. The van der Waals surface area contributed by atoms with Crippen molar-refractivity contribution in [2.45, 2.75) is 12.8 Å². The van der Waals surface area contributed by atoms with Gasteiger partial charge in [0.1, 0.15) is 5.82 Å². The highest BCUT2D eigenvalue weighted by Crippen LogP contribution is 2.26. The molecule has 5 nitrogen and oxygen atoms in total. The zero-order chi connectivity index (χ0) is 20.3. The van der Waals surface area contributed by atoms with Crippen molar-refractivity contribution < 1.29 is 28.2 Å². The Morgan fingerprint density at radius 3 is 2.32 bits per heavy atom. The summed E-state index contributed by atoms with van der Waals surface area (Å²) in [5, 5.41) is 0.419. The fraction of sp³-hybridized carbons (Fsp3) is 0.286. The van der Waals surface area contributed by atoms with Crippen molar-refractivity contribution in [1.82, 2.24) is 0 Å². The molecule has 0 atom stereocenters. The van der Waals surface area contributed by atoms with Gasteiger partial charge in [0, 0.05) is 35.3 Å². The van der Waals surface area contributed by atoms with Gasteiger partial charge in [-0.3, -0.25) is 9.59 Å². The molecule has 0 aromatic heterocycles. The maximum atomic E-state index is 14.9. The number of Topliss-reactive ketones (excluding diaryl/α,β-unsaturated/α-hetero) is 1. The fourth-order valence-corrected chi connectivity index (χ4v) is 3.32. The molecular weight excluding hydrogens is 387 g/mol. The van der Waals surface area contributed by atoms with Crippen LogP contribution in [0.5, 0.6) is 0 Å². The second-order valence-electron chi connectivity index (χ2n) is 6.46. The Hall–Kier alpha value is -2.57. The summed E-state index contributed by atoms with van der Waals surface area (Å²) in [7, 11) is 1.13. The number of rotatable bonds is 5. The van der Waals surface area contributed by atoms with Crippen LogP contribution in [0.1, 0.15) is 49.5 Å². The molecule has 2 aromatic rings. The summed E-state index contributed by atoms with van der Waals surface area (Å²) in [5.74, 6) is -3.12. The molecular formula is C21H18ClFO5. The van der Waals surface area contributed by atoms with Gasteiger partial charge in [0.2, 0.25) is 0 Å². The Balaban J connectivity index is 2.04. The van der Waals surface area contributed by atoms with Gasteiger partial charge >= 0.3 is 5.97 Å². The molecule has 1 saturated heterocycles. The number of methoxy groups -OCH3 is 1. The van der Waals surface area contributed by atoms with Gasteiger partial charge in [-0.2, -0.15) is 0 Å². The van der Waals surface area contributed by atoms with Crippen molar-refractivity contribution in [1.29, 1.82) is 0 Å². The van der Waals surface area contributed by atoms with Gasteiger partial charge in [0.05, 0.1) is 18.2 Å². The molecule has 0 N–H and O–H groups in total. The highest BCUT2D eigenvalue weighted by atomic mass is 35.5. The molecule has 1 heterocycles. The first-order valence-electron chi connectivity index (χ1n) is 8.76. The normalized spacial score (nSPS) is 14.5. The largest absolute Gasteiger partial charge is 0.465 e. The Kier molecular flexibility index (Phi) is 6.21. The molecule has 0 unspecified atom stereocenters. The van der Waals surface area contributed by atoms with E-state index in [-0.39, 0.29) is 28.4 Å². The van der Waals surface area contributed by atoms with E-state index in [9.17, 15) is 18.8 Å². The first-order valence-corrected chi connectivity index (χ1v) is 9.14. The van der Waals surface area contributed by atoms with E-state index in [4.69, 9.17) is 21.1 Å². The topological polar surface area (TPSA) is 69.7 Å². The minimum absolute atomic E-state index is 0.0393. The highest BCUT2D eigenvalue weighted by Gasteiger charge is 2.29. The smallest absolute Gasteiger partial charge is 0.338 e. The summed E-state index contributed by atoms with van der Waals surface area (Å²) < 4.78 is 24.9. The zero-order valence-corrected chi connectivity index (χ0v) is 15.9. The summed E-state index contributed by atoms with van der Waals surface area (Å²) in [6.07, 6.45) is 1.05. The number of benzene rings is 2. The van der Waals surface area contributed by atoms with E-state index < -0.39 is 23.1 Å². The lowest BCUT2D eigenvalue weighted by Gasteiger charge is -2.21. The second-order valence-corrected chi connectivity index (χ2v) is 6.90. The van der Waals surface area contributed by atoms with Crippen LogP contribution in [0.2, 0.25) is 5.02 Å². The molecule has 1 fully saturated rings. The lowest BCUT2D eigenvalue weighted by molar-refractivity contribution is 0.0544. The minimum Gasteiger partial charge on any atom is -0.465 e. The summed E-state index contributed by atoms with van der Waals surface area (Å²) in [4.78, 5) is 37.8. The van der Waals surface area contributed by atoms with Crippen molar-refractivity contribution in [2.75, 3.05) is 20.3 Å². The Morgan fingerprint density at radius 1 is 1.07 bits per heavy atom. The van der Waals surface area contributed by atoms with Gasteiger partial charge in [-0.15, -0.1) is 0 Å². The molecule has 0 radical (unpaired) electrons. The standard InChI is InChI=1S/C21H18ClFO5/c1-27-21(26)16-10-14(19(24)13-6-8-28-9-7-13)11-17(23)18(16)20(25)12-2-4-15(22)5-3-12/h2-5,10-11,13H,6-9H2,1H3. The van der Waals surface area contributed by atoms with Crippen LogP contribution in [0.15, 0.2) is 36.4 Å². The van der Waals surface area contributed by atoms with Crippen molar-refractivity contribution in [3.05, 3.63) is 69.5 Å². The summed E-state index contributed by atoms with van der Waals surface area (Å²) >= 11 is 5.82. The molecule has 0 spiro atoms. The zero-order valence-electron chi connectivity index (χ0n) is 15.2. The Bertz CT molecular complexity index is 917. The number of carbonyl (C=O) groups excluding carboxylic acids is 3. The van der Waals surface area contributed by atoms with Gasteiger partial charge in [0.25, 0.3) is 0 Å². The molecule has 0 saturated carbocycles. The number of ether oxygens (including phenoxy) is 2. The SMILES string of the molecule is COC(=O)c1cc(C(=O)C2CCOCC2)cc(F)c1C(=O)c1ccc(Cl)cc1. The molecule has 0 amide bonds. The average molecular weight is 405 g/mol. The average Bonchev–Trinajstić information content (AvgIpc) is 2.72. The molecule has 0 aliphatic carbocycles. The van der Waals surface area contributed by atoms with Crippen LogP contribution in [0.25, 0.3) is 0 Å². The van der Waals surface area contributed by atoms with Crippen molar-refractivity contribution in [3.63, 3.8) is 0 Å². The highest BCUT2D eigenvalue weighted by molar-refractivity contribution is 6.30. The van der Waals surface area contributed by atoms with Crippen LogP contribution >= 0.6 is 11.6 Å². The number of halogens is 2. The first kappa shape index (κ1) is 20.2. The predicted molar refractivity (Wildman–Crippen MR) is 100 cm³/mol. The van der Waals surface area contributed by atoms with Crippen molar-refractivity contribution in [2.24, 2.45) is 5.92 Å². The maximum absolute atomic E-state index is 14.9. The number of hydrogen-bond donors (Lipinski definition) is 0. The van der Waals surface area contributed by atoms with Crippen LogP contribution in [-0.2, 0) is 9.47 Å².